The molecule has 0 aliphatic heterocycles. The standard InChI is InChI=1S/C24H22N4O3S/c1-3-16-4-7-20(8-5-16)31-22-9-6-19(12-17(22)10-11-29)27-24-28-21(15-32-24)18-13-25-23(30-2)26-14-18/h4-9,11-15H,3,10H2,1-2H3,(H,27,28). The number of aryl methyl sites for hydroxylation is 1. The molecule has 0 spiro atoms. The summed E-state index contributed by atoms with van der Waals surface area (Å²) >= 11 is 1.47. The lowest BCUT2D eigenvalue weighted by Gasteiger charge is -2.12. The molecule has 4 rings (SSSR count). The molecular formula is C24H22N4O3S. The molecule has 0 saturated heterocycles. The summed E-state index contributed by atoms with van der Waals surface area (Å²) in [4.78, 5) is 24.1. The van der Waals surface area contributed by atoms with Crippen molar-refractivity contribution in [1.82, 2.24) is 15.0 Å². The number of benzene rings is 2. The number of hydrogen-bond donors (Lipinski definition) is 1. The predicted octanol–water partition coefficient (Wildman–Crippen LogP) is 5.45. The molecule has 7 nitrogen and oxygen atoms in total. The number of ether oxygens (including phenoxy) is 2. The van der Waals surface area contributed by atoms with Gasteiger partial charge in [0.05, 0.1) is 12.8 Å². The molecule has 0 radical (unpaired) electrons. The normalized spacial score (nSPS) is 10.6. The smallest absolute Gasteiger partial charge is 0.316 e. The van der Waals surface area contributed by atoms with E-state index >= 15 is 0 Å². The monoisotopic (exact) mass is 446 g/mol. The maximum atomic E-state index is 11.2. The van der Waals surface area contributed by atoms with Gasteiger partial charge in [-0.25, -0.2) is 15.0 Å². The zero-order valence-electron chi connectivity index (χ0n) is 17.7. The summed E-state index contributed by atoms with van der Waals surface area (Å²) < 4.78 is 11.0. The molecule has 2 aromatic heterocycles. The van der Waals surface area contributed by atoms with Crippen LogP contribution in [0.1, 0.15) is 18.1 Å². The Hall–Kier alpha value is -3.78. The van der Waals surface area contributed by atoms with Gasteiger partial charge in [0.1, 0.15) is 17.8 Å². The van der Waals surface area contributed by atoms with Crippen LogP contribution in [0.3, 0.4) is 0 Å². The molecule has 0 fully saturated rings. The lowest BCUT2D eigenvalue weighted by Crippen LogP contribution is -1.97. The van der Waals surface area contributed by atoms with Gasteiger partial charge in [0.25, 0.3) is 0 Å². The summed E-state index contributed by atoms with van der Waals surface area (Å²) in [7, 11) is 1.52. The zero-order valence-corrected chi connectivity index (χ0v) is 18.6. The van der Waals surface area contributed by atoms with Gasteiger partial charge in [-0.05, 0) is 42.3 Å². The van der Waals surface area contributed by atoms with Crippen LogP contribution in [0.25, 0.3) is 11.3 Å². The fourth-order valence-corrected chi connectivity index (χ4v) is 3.81. The first kappa shape index (κ1) is 21.5. The summed E-state index contributed by atoms with van der Waals surface area (Å²) in [5, 5.41) is 5.94. The minimum absolute atomic E-state index is 0.254. The van der Waals surface area contributed by atoms with Gasteiger partial charge >= 0.3 is 6.01 Å². The molecule has 0 saturated carbocycles. The summed E-state index contributed by atoms with van der Waals surface area (Å²) in [6, 6.07) is 13.9. The number of thiazole rings is 1. The fourth-order valence-electron chi connectivity index (χ4n) is 3.07. The van der Waals surface area contributed by atoms with E-state index in [9.17, 15) is 4.79 Å². The third-order valence-electron chi connectivity index (χ3n) is 4.79. The highest BCUT2D eigenvalue weighted by atomic mass is 32.1. The largest absolute Gasteiger partial charge is 0.467 e. The molecule has 0 unspecified atom stereocenters. The molecule has 0 aliphatic carbocycles. The summed E-state index contributed by atoms with van der Waals surface area (Å²) in [6.45, 7) is 2.11. The Labute approximate surface area is 190 Å². The lowest BCUT2D eigenvalue weighted by atomic mass is 10.1. The number of nitrogens with one attached hydrogen (secondary N) is 1. The first-order chi connectivity index (χ1) is 15.7. The number of aldehydes is 1. The van der Waals surface area contributed by atoms with Gasteiger partial charge in [-0.2, -0.15) is 0 Å². The number of hydrogen-bond acceptors (Lipinski definition) is 8. The molecule has 0 atom stereocenters. The molecule has 0 aliphatic rings. The molecule has 0 bridgehead atoms. The summed E-state index contributed by atoms with van der Waals surface area (Å²) in [5.74, 6) is 1.39. The lowest BCUT2D eigenvalue weighted by molar-refractivity contribution is -0.107. The molecule has 2 heterocycles. The first-order valence-electron chi connectivity index (χ1n) is 10.1. The van der Waals surface area contributed by atoms with E-state index in [4.69, 9.17) is 9.47 Å². The third-order valence-corrected chi connectivity index (χ3v) is 5.54. The van der Waals surface area contributed by atoms with Crippen LogP contribution in [0.4, 0.5) is 10.8 Å². The second-order valence-electron chi connectivity index (χ2n) is 6.91. The third kappa shape index (κ3) is 5.09. The van der Waals surface area contributed by atoms with Gasteiger partial charge in [0.2, 0.25) is 0 Å². The maximum absolute atomic E-state index is 11.2. The zero-order chi connectivity index (χ0) is 22.3. The van der Waals surface area contributed by atoms with Crippen molar-refractivity contribution < 1.29 is 14.3 Å². The number of carbonyl (C=O) groups excluding carboxylic acids is 1. The van der Waals surface area contributed by atoms with E-state index in [0.717, 1.165) is 46.1 Å². The molecule has 4 aromatic rings. The highest BCUT2D eigenvalue weighted by Crippen LogP contribution is 2.31. The quantitative estimate of drug-likeness (QED) is 0.342. The van der Waals surface area contributed by atoms with Crippen molar-refractivity contribution in [1.29, 1.82) is 0 Å². The first-order valence-corrected chi connectivity index (χ1v) is 11.0. The summed E-state index contributed by atoms with van der Waals surface area (Å²) in [5.41, 5.74) is 4.43. The number of nitrogens with zero attached hydrogens (tertiary/aromatic N) is 3. The summed E-state index contributed by atoms with van der Waals surface area (Å²) in [6.07, 6.45) is 5.45. The average molecular weight is 447 g/mol. The Kier molecular flexibility index (Phi) is 6.72. The Morgan fingerprint density at radius 3 is 2.56 bits per heavy atom. The van der Waals surface area contributed by atoms with Crippen molar-refractivity contribution in [3.63, 3.8) is 0 Å². The van der Waals surface area contributed by atoms with Crippen LogP contribution in [-0.4, -0.2) is 28.3 Å². The Morgan fingerprint density at radius 1 is 1.09 bits per heavy atom. The van der Waals surface area contributed by atoms with Crippen LogP contribution in [-0.2, 0) is 17.6 Å². The van der Waals surface area contributed by atoms with E-state index in [2.05, 4.69) is 27.2 Å². The second-order valence-corrected chi connectivity index (χ2v) is 7.77. The molecule has 1 N–H and O–H groups in total. The van der Waals surface area contributed by atoms with Crippen molar-refractivity contribution in [2.75, 3.05) is 12.4 Å². The van der Waals surface area contributed by atoms with E-state index in [1.807, 2.05) is 47.8 Å². The average Bonchev–Trinajstić information content (AvgIpc) is 3.30. The van der Waals surface area contributed by atoms with Gasteiger partial charge in [-0.3, -0.25) is 0 Å². The van der Waals surface area contributed by atoms with E-state index in [1.54, 1.807) is 12.4 Å². The van der Waals surface area contributed by atoms with Crippen molar-refractivity contribution in [3.05, 3.63) is 71.4 Å². The number of rotatable bonds is 9. The van der Waals surface area contributed by atoms with Crippen molar-refractivity contribution >= 4 is 28.4 Å². The molecular weight excluding hydrogens is 424 g/mol. The minimum Gasteiger partial charge on any atom is -0.467 e. The highest BCUT2D eigenvalue weighted by Gasteiger charge is 2.10. The van der Waals surface area contributed by atoms with Gasteiger partial charge in [-0.15, -0.1) is 11.3 Å². The number of carbonyl (C=O) groups is 1. The van der Waals surface area contributed by atoms with Gasteiger partial charge < -0.3 is 19.6 Å². The van der Waals surface area contributed by atoms with Crippen LogP contribution >= 0.6 is 11.3 Å². The van der Waals surface area contributed by atoms with Crippen LogP contribution in [0.2, 0.25) is 0 Å². The number of anilines is 2. The molecule has 2 aromatic carbocycles. The number of aromatic nitrogens is 3. The van der Waals surface area contributed by atoms with Crippen molar-refractivity contribution in [2.24, 2.45) is 0 Å². The van der Waals surface area contributed by atoms with Crippen molar-refractivity contribution in [3.8, 4) is 28.8 Å². The van der Waals surface area contributed by atoms with E-state index < -0.39 is 0 Å². The number of methoxy groups -OCH3 is 1. The van der Waals surface area contributed by atoms with E-state index in [1.165, 1.54) is 24.0 Å². The maximum Gasteiger partial charge on any atom is 0.316 e. The predicted molar refractivity (Wildman–Crippen MR) is 125 cm³/mol. The SMILES string of the molecule is CCc1ccc(Oc2ccc(Nc3nc(-c4cnc(OC)nc4)cs3)cc2CC=O)cc1. The van der Waals surface area contributed by atoms with E-state index in [-0.39, 0.29) is 6.42 Å². The Morgan fingerprint density at radius 2 is 1.88 bits per heavy atom. The topological polar surface area (TPSA) is 86.2 Å². The second kappa shape index (κ2) is 10.0. The highest BCUT2D eigenvalue weighted by molar-refractivity contribution is 7.14. The Balaban J connectivity index is 1.50. The minimum atomic E-state index is 0.254. The molecule has 162 valence electrons. The van der Waals surface area contributed by atoms with Gasteiger partial charge in [0.15, 0.2) is 5.13 Å². The molecule has 8 heteroatoms. The van der Waals surface area contributed by atoms with Crippen LogP contribution in [0, 0.1) is 0 Å². The fraction of sp³-hybridized carbons (Fsp3) is 0.167. The van der Waals surface area contributed by atoms with Crippen LogP contribution in [0.15, 0.2) is 60.2 Å². The Bertz CT molecular complexity index is 1190. The van der Waals surface area contributed by atoms with Crippen molar-refractivity contribution in [2.45, 2.75) is 19.8 Å². The van der Waals surface area contributed by atoms with Gasteiger partial charge in [-0.1, -0.05) is 19.1 Å². The molecule has 0 amide bonds. The van der Waals surface area contributed by atoms with Gasteiger partial charge in [0, 0.05) is 41.0 Å². The molecule has 32 heavy (non-hydrogen) atoms. The van der Waals surface area contributed by atoms with Crippen LogP contribution < -0.4 is 14.8 Å². The van der Waals surface area contributed by atoms with E-state index in [0.29, 0.717) is 11.8 Å². The van der Waals surface area contributed by atoms with Crippen LogP contribution in [0.5, 0.6) is 17.5 Å².